The molecule has 0 fully saturated rings. The third-order valence-corrected chi connectivity index (χ3v) is 7.33. The van der Waals surface area contributed by atoms with Gasteiger partial charge in [-0.1, -0.05) is 49.7 Å². The predicted octanol–water partition coefficient (Wildman–Crippen LogP) is 5.74. The van der Waals surface area contributed by atoms with Gasteiger partial charge in [0, 0.05) is 29.6 Å². The van der Waals surface area contributed by atoms with Gasteiger partial charge in [-0.3, -0.25) is 9.69 Å². The molecule has 2 heterocycles. The second-order valence-corrected chi connectivity index (χ2v) is 10.6. The standard InChI is InChI=1S/C29H38N6O/c1-8-26(27-31-32-33-35(27)29(6,7)9-2)34(17-22-12-10-19(3)11-13-22)18-23-16-24-21(5)14-20(4)15-25(24)30-28(23)36/h10-16,26H,8-9,17-18H2,1-7H3,(H,30,36)/t26-/m1/s1. The number of nitrogens with one attached hydrogen (secondary N) is 1. The minimum Gasteiger partial charge on any atom is -0.322 e. The van der Waals surface area contributed by atoms with Gasteiger partial charge in [0.2, 0.25) is 0 Å². The van der Waals surface area contributed by atoms with Crippen molar-refractivity contribution >= 4 is 10.9 Å². The Morgan fingerprint density at radius 2 is 1.72 bits per heavy atom. The van der Waals surface area contributed by atoms with E-state index in [1.807, 2.05) is 10.7 Å². The summed E-state index contributed by atoms with van der Waals surface area (Å²) < 4.78 is 1.96. The molecule has 0 amide bonds. The third-order valence-electron chi connectivity index (χ3n) is 7.33. The molecule has 0 aliphatic rings. The zero-order valence-corrected chi connectivity index (χ0v) is 22.6. The van der Waals surface area contributed by atoms with Crippen LogP contribution in [0.1, 0.15) is 80.2 Å². The zero-order chi connectivity index (χ0) is 26.0. The van der Waals surface area contributed by atoms with Gasteiger partial charge in [-0.15, -0.1) is 5.10 Å². The number of nitrogens with zero attached hydrogens (tertiary/aromatic N) is 5. The van der Waals surface area contributed by atoms with Crippen molar-refractivity contribution in [3.63, 3.8) is 0 Å². The number of aromatic amines is 1. The number of aryl methyl sites for hydroxylation is 3. The molecule has 7 heteroatoms. The summed E-state index contributed by atoms with van der Waals surface area (Å²) in [5.74, 6) is 0.834. The van der Waals surface area contributed by atoms with Crippen molar-refractivity contribution in [3.8, 4) is 0 Å². The van der Waals surface area contributed by atoms with Crippen molar-refractivity contribution in [2.24, 2.45) is 0 Å². The van der Waals surface area contributed by atoms with Crippen LogP contribution in [-0.2, 0) is 18.6 Å². The number of hydrogen-bond acceptors (Lipinski definition) is 5. The molecule has 0 aliphatic heterocycles. The number of benzene rings is 2. The molecule has 4 aromatic rings. The van der Waals surface area contributed by atoms with E-state index in [4.69, 9.17) is 0 Å². The number of fused-ring (bicyclic) bond motifs is 1. The Balaban J connectivity index is 1.79. The van der Waals surface area contributed by atoms with Crippen molar-refractivity contribution in [2.75, 3.05) is 0 Å². The Bertz CT molecular complexity index is 1400. The number of rotatable bonds is 9. The summed E-state index contributed by atoms with van der Waals surface area (Å²) in [6, 6.07) is 14.8. The van der Waals surface area contributed by atoms with E-state index in [2.05, 4.69) is 110 Å². The van der Waals surface area contributed by atoms with Crippen LogP contribution in [0.2, 0.25) is 0 Å². The lowest BCUT2D eigenvalue weighted by Crippen LogP contribution is -2.36. The van der Waals surface area contributed by atoms with E-state index >= 15 is 0 Å². The second kappa shape index (κ2) is 10.3. The maximum absolute atomic E-state index is 13.2. The normalized spacial score (nSPS) is 13.0. The third kappa shape index (κ3) is 5.26. The molecule has 4 rings (SSSR count). The van der Waals surface area contributed by atoms with Crippen molar-refractivity contribution < 1.29 is 0 Å². The van der Waals surface area contributed by atoms with Crippen LogP contribution in [0, 0.1) is 20.8 Å². The van der Waals surface area contributed by atoms with Crippen molar-refractivity contribution in [1.82, 2.24) is 30.1 Å². The number of aromatic nitrogens is 5. The van der Waals surface area contributed by atoms with Gasteiger partial charge < -0.3 is 4.98 Å². The first-order valence-corrected chi connectivity index (χ1v) is 12.8. The lowest BCUT2D eigenvalue weighted by atomic mass is 10.0. The highest BCUT2D eigenvalue weighted by Crippen LogP contribution is 2.30. The summed E-state index contributed by atoms with van der Waals surface area (Å²) in [5, 5.41) is 14.0. The quantitative estimate of drug-likeness (QED) is 0.326. The molecular formula is C29H38N6O. The summed E-state index contributed by atoms with van der Waals surface area (Å²) in [6.45, 7) is 16.0. The second-order valence-electron chi connectivity index (χ2n) is 10.6. The molecule has 0 bridgehead atoms. The van der Waals surface area contributed by atoms with Gasteiger partial charge in [-0.25, -0.2) is 4.68 Å². The van der Waals surface area contributed by atoms with Gasteiger partial charge >= 0.3 is 0 Å². The molecule has 2 aromatic carbocycles. The summed E-state index contributed by atoms with van der Waals surface area (Å²) in [7, 11) is 0. The maximum atomic E-state index is 13.2. The number of H-pyrrole nitrogens is 1. The van der Waals surface area contributed by atoms with Gasteiger partial charge in [0.15, 0.2) is 5.82 Å². The Kier molecular flexibility index (Phi) is 7.41. The highest BCUT2D eigenvalue weighted by Gasteiger charge is 2.31. The fourth-order valence-corrected chi connectivity index (χ4v) is 4.84. The van der Waals surface area contributed by atoms with Crippen LogP contribution >= 0.6 is 0 Å². The Morgan fingerprint density at radius 3 is 2.39 bits per heavy atom. The van der Waals surface area contributed by atoms with Crippen molar-refractivity contribution in [3.05, 3.63) is 86.5 Å². The maximum Gasteiger partial charge on any atom is 0.252 e. The van der Waals surface area contributed by atoms with E-state index in [1.165, 1.54) is 11.1 Å². The monoisotopic (exact) mass is 486 g/mol. The summed E-state index contributed by atoms with van der Waals surface area (Å²) >= 11 is 0. The van der Waals surface area contributed by atoms with Crippen LogP contribution < -0.4 is 5.56 Å². The van der Waals surface area contributed by atoms with E-state index in [-0.39, 0.29) is 17.1 Å². The van der Waals surface area contributed by atoms with E-state index in [9.17, 15) is 4.79 Å². The Labute approximate surface area is 213 Å². The lowest BCUT2D eigenvalue weighted by molar-refractivity contribution is 0.150. The van der Waals surface area contributed by atoms with E-state index in [0.29, 0.717) is 13.1 Å². The van der Waals surface area contributed by atoms with Gasteiger partial charge in [-0.2, -0.15) is 0 Å². The Morgan fingerprint density at radius 1 is 1.00 bits per heavy atom. The average Bonchev–Trinajstić information content (AvgIpc) is 3.32. The number of tetrazole rings is 1. The molecule has 0 unspecified atom stereocenters. The smallest absolute Gasteiger partial charge is 0.252 e. The molecule has 0 saturated heterocycles. The van der Waals surface area contributed by atoms with Crippen molar-refractivity contribution in [1.29, 1.82) is 0 Å². The van der Waals surface area contributed by atoms with Crippen LogP contribution in [0.5, 0.6) is 0 Å². The average molecular weight is 487 g/mol. The van der Waals surface area contributed by atoms with Gasteiger partial charge in [0.25, 0.3) is 5.56 Å². The fraction of sp³-hybridized carbons (Fsp3) is 0.448. The predicted molar refractivity (Wildman–Crippen MR) is 145 cm³/mol. The first-order valence-electron chi connectivity index (χ1n) is 12.8. The minimum atomic E-state index is -0.211. The largest absolute Gasteiger partial charge is 0.322 e. The Hall–Kier alpha value is -3.32. The molecule has 1 atom stereocenters. The molecule has 36 heavy (non-hydrogen) atoms. The number of pyridine rings is 1. The van der Waals surface area contributed by atoms with Crippen molar-refractivity contribution in [2.45, 2.75) is 86.0 Å². The summed E-state index contributed by atoms with van der Waals surface area (Å²) in [5.41, 5.74) is 6.08. The van der Waals surface area contributed by atoms with Crippen LogP contribution in [0.4, 0.5) is 0 Å². The van der Waals surface area contributed by atoms with Crippen LogP contribution in [-0.4, -0.2) is 30.1 Å². The molecule has 190 valence electrons. The SMILES string of the molecule is CC[C@H](c1nnnn1C(C)(C)CC)N(Cc1ccc(C)cc1)Cc1cc2c(C)cc(C)cc2[nH]c1=O. The summed E-state index contributed by atoms with van der Waals surface area (Å²) in [4.78, 5) is 18.7. The van der Waals surface area contributed by atoms with Gasteiger partial charge in [0.05, 0.1) is 11.6 Å². The van der Waals surface area contributed by atoms with E-state index < -0.39 is 0 Å². The highest BCUT2D eigenvalue weighted by atomic mass is 16.1. The first-order chi connectivity index (χ1) is 17.1. The molecule has 0 radical (unpaired) electrons. The lowest BCUT2D eigenvalue weighted by Gasteiger charge is -2.33. The molecule has 7 nitrogen and oxygen atoms in total. The molecule has 0 saturated carbocycles. The first kappa shape index (κ1) is 25.8. The van der Waals surface area contributed by atoms with Crippen LogP contribution in [0.25, 0.3) is 10.9 Å². The molecule has 1 N–H and O–H groups in total. The van der Waals surface area contributed by atoms with Crippen LogP contribution in [0.3, 0.4) is 0 Å². The van der Waals surface area contributed by atoms with E-state index in [0.717, 1.165) is 46.3 Å². The highest BCUT2D eigenvalue weighted by molar-refractivity contribution is 5.83. The molecule has 0 aliphatic carbocycles. The fourth-order valence-electron chi connectivity index (χ4n) is 4.84. The molecular weight excluding hydrogens is 448 g/mol. The molecule has 2 aromatic heterocycles. The van der Waals surface area contributed by atoms with E-state index in [1.54, 1.807) is 0 Å². The topological polar surface area (TPSA) is 79.7 Å². The summed E-state index contributed by atoms with van der Waals surface area (Å²) in [6.07, 6.45) is 1.72. The molecule has 0 spiro atoms. The minimum absolute atomic E-state index is 0.0512. The zero-order valence-electron chi connectivity index (χ0n) is 22.6. The van der Waals surface area contributed by atoms with Gasteiger partial charge in [-0.05, 0) is 86.7 Å². The number of hydrogen-bond donors (Lipinski definition) is 1. The van der Waals surface area contributed by atoms with Gasteiger partial charge in [0.1, 0.15) is 0 Å². The van der Waals surface area contributed by atoms with Crippen LogP contribution in [0.15, 0.2) is 47.3 Å².